The van der Waals surface area contributed by atoms with Crippen molar-refractivity contribution in [2.24, 2.45) is 0 Å². The van der Waals surface area contributed by atoms with E-state index < -0.39 is 0 Å². The standard InChI is InChI=1S/C10H12/c1-8-4-2-5-9-6-3-7-10(8)9/h2,4,6H,3,5,7H2,1H3. The van der Waals surface area contributed by atoms with Gasteiger partial charge in [0.25, 0.3) is 0 Å². The van der Waals surface area contributed by atoms with Gasteiger partial charge in [0.15, 0.2) is 0 Å². The molecular formula is C10H12. The third kappa shape index (κ3) is 0.756. The Morgan fingerprint density at radius 2 is 2.30 bits per heavy atom. The zero-order chi connectivity index (χ0) is 6.97. The summed E-state index contributed by atoms with van der Waals surface area (Å²) >= 11 is 0. The molecule has 0 atom stereocenters. The minimum absolute atomic E-state index is 1.17. The fraction of sp³-hybridized carbons (Fsp3) is 0.400. The Bertz CT molecular complexity index is 239. The van der Waals surface area contributed by atoms with E-state index in [1.807, 2.05) is 0 Å². The van der Waals surface area contributed by atoms with Gasteiger partial charge in [-0.25, -0.2) is 0 Å². The Morgan fingerprint density at radius 3 is 3.10 bits per heavy atom. The second-order valence-corrected chi connectivity index (χ2v) is 3.04. The lowest BCUT2D eigenvalue weighted by Gasteiger charge is -2.10. The topological polar surface area (TPSA) is 0 Å². The Labute approximate surface area is 61.9 Å². The van der Waals surface area contributed by atoms with Gasteiger partial charge in [0, 0.05) is 0 Å². The van der Waals surface area contributed by atoms with Crippen LogP contribution in [0.15, 0.2) is 34.9 Å². The molecule has 0 aliphatic heterocycles. The van der Waals surface area contributed by atoms with E-state index in [2.05, 4.69) is 25.2 Å². The molecule has 0 bridgehead atoms. The van der Waals surface area contributed by atoms with Crippen molar-refractivity contribution >= 4 is 0 Å². The SMILES string of the molecule is CC1=C2CCC=C2CC=C1. The van der Waals surface area contributed by atoms with E-state index in [4.69, 9.17) is 0 Å². The molecule has 0 aromatic heterocycles. The number of allylic oxidation sites excluding steroid dienone is 6. The van der Waals surface area contributed by atoms with Crippen molar-refractivity contribution in [1.29, 1.82) is 0 Å². The molecule has 0 spiro atoms. The van der Waals surface area contributed by atoms with Crippen LogP contribution in [0.25, 0.3) is 0 Å². The van der Waals surface area contributed by atoms with Crippen molar-refractivity contribution in [3.8, 4) is 0 Å². The van der Waals surface area contributed by atoms with Gasteiger partial charge in [-0.05, 0) is 42.9 Å². The average molecular weight is 132 g/mol. The number of hydrogen-bond donors (Lipinski definition) is 0. The van der Waals surface area contributed by atoms with Crippen LogP contribution in [0.1, 0.15) is 26.2 Å². The molecule has 0 amide bonds. The summed E-state index contributed by atoms with van der Waals surface area (Å²) in [6.07, 6.45) is 10.6. The summed E-state index contributed by atoms with van der Waals surface area (Å²) in [5, 5.41) is 0. The molecule has 0 unspecified atom stereocenters. The van der Waals surface area contributed by atoms with Gasteiger partial charge in [-0.1, -0.05) is 18.2 Å². The van der Waals surface area contributed by atoms with E-state index in [-0.39, 0.29) is 0 Å². The first kappa shape index (κ1) is 5.96. The van der Waals surface area contributed by atoms with Crippen LogP contribution in [0, 0.1) is 0 Å². The third-order valence-electron chi connectivity index (χ3n) is 2.35. The summed E-state index contributed by atoms with van der Waals surface area (Å²) in [6, 6.07) is 0. The van der Waals surface area contributed by atoms with Crippen molar-refractivity contribution < 1.29 is 0 Å². The van der Waals surface area contributed by atoms with Crippen molar-refractivity contribution in [2.45, 2.75) is 26.2 Å². The van der Waals surface area contributed by atoms with E-state index in [1.54, 1.807) is 11.1 Å². The lowest BCUT2D eigenvalue weighted by Crippen LogP contribution is -1.90. The minimum Gasteiger partial charge on any atom is -0.0804 e. The van der Waals surface area contributed by atoms with Gasteiger partial charge in [-0.2, -0.15) is 0 Å². The zero-order valence-electron chi connectivity index (χ0n) is 6.35. The van der Waals surface area contributed by atoms with E-state index in [1.165, 1.54) is 24.8 Å². The van der Waals surface area contributed by atoms with Gasteiger partial charge >= 0.3 is 0 Å². The second kappa shape index (κ2) is 2.12. The molecule has 10 heavy (non-hydrogen) atoms. The maximum atomic E-state index is 2.38. The summed E-state index contributed by atoms with van der Waals surface area (Å²) in [7, 11) is 0. The predicted octanol–water partition coefficient (Wildman–Crippen LogP) is 2.98. The molecule has 0 heteroatoms. The maximum Gasteiger partial charge on any atom is -0.00946 e. The molecule has 0 saturated heterocycles. The number of hydrogen-bond acceptors (Lipinski definition) is 0. The Balaban J connectivity index is 2.45. The zero-order valence-corrected chi connectivity index (χ0v) is 6.35. The fourth-order valence-corrected chi connectivity index (χ4v) is 1.79. The number of fused-ring (bicyclic) bond motifs is 1. The molecule has 0 N–H and O–H groups in total. The van der Waals surface area contributed by atoms with Gasteiger partial charge in [-0.3, -0.25) is 0 Å². The third-order valence-corrected chi connectivity index (χ3v) is 2.35. The molecule has 0 nitrogen and oxygen atoms in total. The monoisotopic (exact) mass is 132 g/mol. The molecule has 0 heterocycles. The molecule has 2 rings (SSSR count). The van der Waals surface area contributed by atoms with Gasteiger partial charge in [0.2, 0.25) is 0 Å². The maximum absolute atomic E-state index is 2.38. The van der Waals surface area contributed by atoms with Gasteiger partial charge in [0.1, 0.15) is 0 Å². The molecule has 0 aromatic rings. The molecule has 0 radical (unpaired) electrons. The molecule has 2 aliphatic carbocycles. The Hall–Kier alpha value is -0.780. The summed E-state index contributed by atoms with van der Waals surface area (Å²) in [5.41, 5.74) is 4.68. The van der Waals surface area contributed by atoms with Gasteiger partial charge < -0.3 is 0 Å². The van der Waals surface area contributed by atoms with E-state index in [9.17, 15) is 0 Å². The highest BCUT2D eigenvalue weighted by atomic mass is 14.2. The summed E-state index contributed by atoms with van der Waals surface area (Å²) in [5.74, 6) is 0. The van der Waals surface area contributed by atoms with Crippen LogP contribution in [-0.4, -0.2) is 0 Å². The lowest BCUT2D eigenvalue weighted by atomic mass is 9.95. The largest absolute Gasteiger partial charge is 0.0804 e. The van der Waals surface area contributed by atoms with Crippen molar-refractivity contribution in [1.82, 2.24) is 0 Å². The van der Waals surface area contributed by atoms with Gasteiger partial charge in [0.05, 0.1) is 0 Å². The smallest absolute Gasteiger partial charge is 0.00946 e. The van der Waals surface area contributed by atoms with Crippen LogP contribution < -0.4 is 0 Å². The first-order chi connectivity index (χ1) is 4.88. The molecule has 0 fully saturated rings. The van der Waals surface area contributed by atoms with Crippen molar-refractivity contribution in [2.75, 3.05) is 0 Å². The first-order valence-corrected chi connectivity index (χ1v) is 3.93. The van der Waals surface area contributed by atoms with Crippen LogP contribution in [0.2, 0.25) is 0 Å². The lowest BCUT2D eigenvalue weighted by molar-refractivity contribution is 1.03. The van der Waals surface area contributed by atoms with E-state index >= 15 is 0 Å². The summed E-state index contributed by atoms with van der Waals surface area (Å²) in [6.45, 7) is 2.21. The quantitative estimate of drug-likeness (QED) is 0.475. The molecule has 52 valence electrons. The highest BCUT2D eigenvalue weighted by Crippen LogP contribution is 2.33. The van der Waals surface area contributed by atoms with E-state index in [0.717, 1.165) is 0 Å². The normalized spacial score (nSPS) is 23.1. The molecule has 0 saturated carbocycles. The Morgan fingerprint density at radius 1 is 1.40 bits per heavy atom. The van der Waals surface area contributed by atoms with E-state index in [0.29, 0.717) is 0 Å². The van der Waals surface area contributed by atoms with Gasteiger partial charge in [-0.15, -0.1) is 0 Å². The predicted molar refractivity (Wildman–Crippen MR) is 43.8 cm³/mol. The average Bonchev–Trinajstić information content (AvgIpc) is 2.36. The molecule has 0 aromatic carbocycles. The molecular weight excluding hydrogens is 120 g/mol. The van der Waals surface area contributed by atoms with Crippen molar-refractivity contribution in [3.63, 3.8) is 0 Å². The van der Waals surface area contributed by atoms with Crippen LogP contribution >= 0.6 is 0 Å². The van der Waals surface area contributed by atoms with Crippen LogP contribution in [0.5, 0.6) is 0 Å². The first-order valence-electron chi connectivity index (χ1n) is 3.93. The van der Waals surface area contributed by atoms with Crippen LogP contribution in [0.3, 0.4) is 0 Å². The fourth-order valence-electron chi connectivity index (χ4n) is 1.79. The highest BCUT2D eigenvalue weighted by molar-refractivity contribution is 5.47. The van der Waals surface area contributed by atoms with Crippen molar-refractivity contribution in [3.05, 3.63) is 34.9 Å². The summed E-state index contributed by atoms with van der Waals surface area (Å²) < 4.78 is 0. The summed E-state index contributed by atoms with van der Waals surface area (Å²) in [4.78, 5) is 0. The molecule has 2 aliphatic rings. The second-order valence-electron chi connectivity index (χ2n) is 3.04. The van der Waals surface area contributed by atoms with Crippen LogP contribution in [-0.2, 0) is 0 Å². The van der Waals surface area contributed by atoms with Crippen LogP contribution in [0.4, 0.5) is 0 Å². The number of rotatable bonds is 0. The minimum atomic E-state index is 1.17. The highest BCUT2D eigenvalue weighted by Gasteiger charge is 2.14. The Kier molecular flexibility index (Phi) is 1.26.